The number of rotatable bonds is 10. The number of halogens is 1. The van der Waals surface area contributed by atoms with Gasteiger partial charge in [-0.15, -0.1) is 0 Å². The number of carbonyl (C=O) groups excluding carboxylic acids is 1. The summed E-state index contributed by atoms with van der Waals surface area (Å²) >= 11 is 5.96. The number of hydrogen-bond acceptors (Lipinski definition) is 4. The van der Waals surface area contributed by atoms with Crippen molar-refractivity contribution < 1.29 is 14.6 Å². The Morgan fingerprint density at radius 3 is 2.52 bits per heavy atom. The summed E-state index contributed by atoms with van der Waals surface area (Å²) in [5, 5.41) is 14.0. The molecule has 0 saturated carbocycles. The monoisotopic (exact) mass is 366 g/mol. The molecular formula is C19H27ClN2O3. The van der Waals surface area contributed by atoms with Gasteiger partial charge < -0.3 is 20.9 Å². The molecule has 1 aromatic carbocycles. The van der Waals surface area contributed by atoms with E-state index in [2.05, 4.69) is 5.32 Å². The smallest absolute Gasteiger partial charge is 0.246 e. The van der Waals surface area contributed by atoms with Gasteiger partial charge in [0.15, 0.2) is 0 Å². The summed E-state index contributed by atoms with van der Waals surface area (Å²) in [4.78, 5) is 11.4. The first-order chi connectivity index (χ1) is 11.8. The molecule has 6 heteroatoms. The maximum absolute atomic E-state index is 11.4. The van der Waals surface area contributed by atoms with Gasteiger partial charge in [0.05, 0.1) is 12.9 Å². The molecule has 0 saturated heterocycles. The van der Waals surface area contributed by atoms with Crippen LogP contribution in [0.15, 0.2) is 52.8 Å². The molecule has 0 heterocycles. The predicted molar refractivity (Wildman–Crippen MR) is 101 cm³/mol. The SMILES string of the molecule is CO/C(C)=C(/C=C(\C)Cl)CNCC(Cc1ccccc1)C(O)C(N)=O. The van der Waals surface area contributed by atoms with Crippen LogP contribution in [-0.4, -0.2) is 37.3 Å². The highest BCUT2D eigenvalue weighted by Crippen LogP contribution is 2.14. The number of carbonyl (C=O) groups is 1. The Morgan fingerprint density at radius 1 is 1.36 bits per heavy atom. The first kappa shape index (κ1) is 21.2. The number of amides is 1. The fourth-order valence-corrected chi connectivity index (χ4v) is 2.62. The van der Waals surface area contributed by atoms with E-state index in [-0.39, 0.29) is 5.92 Å². The van der Waals surface area contributed by atoms with Crippen LogP contribution in [0.2, 0.25) is 0 Å². The van der Waals surface area contributed by atoms with E-state index in [0.29, 0.717) is 24.5 Å². The number of allylic oxidation sites excluding steroid dienone is 2. The van der Waals surface area contributed by atoms with Crippen molar-refractivity contribution in [1.29, 1.82) is 0 Å². The van der Waals surface area contributed by atoms with Crippen LogP contribution in [0.3, 0.4) is 0 Å². The third-order valence-electron chi connectivity index (χ3n) is 3.93. The van der Waals surface area contributed by atoms with Crippen molar-refractivity contribution in [1.82, 2.24) is 5.32 Å². The maximum atomic E-state index is 11.4. The van der Waals surface area contributed by atoms with Gasteiger partial charge in [0.2, 0.25) is 5.91 Å². The third kappa shape index (κ3) is 7.73. The molecule has 4 N–H and O–H groups in total. The van der Waals surface area contributed by atoms with Gasteiger partial charge in [-0.2, -0.15) is 0 Å². The lowest BCUT2D eigenvalue weighted by Gasteiger charge is -2.22. The zero-order valence-electron chi connectivity index (χ0n) is 15.0. The molecule has 25 heavy (non-hydrogen) atoms. The number of methoxy groups -OCH3 is 1. The van der Waals surface area contributed by atoms with E-state index in [4.69, 9.17) is 22.1 Å². The average molecular weight is 367 g/mol. The summed E-state index contributed by atoms with van der Waals surface area (Å²) in [6.07, 6.45) is 1.16. The fraction of sp³-hybridized carbons (Fsp3) is 0.421. The molecule has 0 spiro atoms. The van der Waals surface area contributed by atoms with Gasteiger partial charge in [-0.3, -0.25) is 4.79 Å². The topological polar surface area (TPSA) is 84.6 Å². The summed E-state index contributed by atoms with van der Waals surface area (Å²) in [6.45, 7) is 4.57. The van der Waals surface area contributed by atoms with Gasteiger partial charge in [0.25, 0.3) is 0 Å². The summed E-state index contributed by atoms with van der Waals surface area (Å²) in [5.74, 6) is -0.296. The molecule has 2 unspecified atom stereocenters. The minimum atomic E-state index is -1.21. The van der Waals surface area contributed by atoms with Gasteiger partial charge >= 0.3 is 0 Å². The van der Waals surface area contributed by atoms with Crippen molar-refractivity contribution in [2.45, 2.75) is 26.4 Å². The predicted octanol–water partition coefficient (Wildman–Crippen LogP) is 2.34. The summed E-state index contributed by atoms with van der Waals surface area (Å²) < 4.78 is 5.26. The fourth-order valence-electron chi connectivity index (χ4n) is 2.49. The molecule has 2 atom stereocenters. The number of primary amides is 1. The number of aliphatic hydroxyl groups excluding tert-OH is 1. The van der Waals surface area contributed by atoms with Crippen LogP contribution in [0.5, 0.6) is 0 Å². The van der Waals surface area contributed by atoms with Crippen LogP contribution >= 0.6 is 11.6 Å². The van der Waals surface area contributed by atoms with Crippen molar-refractivity contribution in [3.05, 3.63) is 58.3 Å². The van der Waals surface area contributed by atoms with Gasteiger partial charge in [-0.05, 0) is 31.9 Å². The van der Waals surface area contributed by atoms with Gasteiger partial charge in [0.1, 0.15) is 6.10 Å². The van der Waals surface area contributed by atoms with E-state index in [0.717, 1.165) is 16.9 Å². The first-order valence-corrected chi connectivity index (χ1v) is 8.52. The van der Waals surface area contributed by atoms with E-state index in [1.54, 1.807) is 14.0 Å². The molecule has 0 aliphatic rings. The Hall–Kier alpha value is -1.82. The third-order valence-corrected chi connectivity index (χ3v) is 4.04. The average Bonchev–Trinajstić information content (AvgIpc) is 2.59. The van der Waals surface area contributed by atoms with Gasteiger partial charge in [0, 0.05) is 29.6 Å². The molecule has 1 aromatic rings. The van der Waals surface area contributed by atoms with Crippen molar-refractivity contribution in [3.8, 4) is 0 Å². The number of ether oxygens (including phenoxy) is 1. The number of benzene rings is 1. The van der Waals surface area contributed by atoms with E-state index < -0.39 is 12.0 Å². The van der Waals surface area contributed by atoms with Crippen LogP contribution in [0.1, 0.15) is 19.4 Å². The minimum absolute atomic E-state index is 0.329. The standard InChI is InChI=1S/C19H27ClN2O3/c1-13(20)9-16(14(2)25-3)11-22-12-17(18(23)19(21)24)10-15-7-5-4-6-8-15/h4-9,17-18,22-23H,10-12H2,1-3H3,(H2,21,24)/b13-9+,16-14-. The maximum Gasteiger partial charge on any atom is 0.246 e. The summed E-state index contributed by atoms with van der Waals surface area (Å²) in [7, 11) is 1.60. The molecule has 0 aliphatic carbocycles. The lowest BCUT2D eigenvalue weighted by molar-refractivity contribution is -0.128. The van der Waals surface area contributed by atoms with E-state index in [1.807, 2.05) is 43.3 Å². The highest BCUT2D eigenvalue weighted by atomic mass is 35.5. The van der Waals surface area contributed by atoms with Crippen molar-refractivity contribution in [3.63, 3.8) is 0 Å². The zero-order valence-corrected chi connectivity index (χ0v) is 15.7. The van der Waals surface area contributed by atoms with Crippen LogP contribution in [-0.2, 0) is 16.0 Å². The van der Waals surface area contributed by atoms with Gasteiger partial charge in [-0.25, -0.2) is 0 Å². The van der Waals surface area contributed by atoms with E-state index >= 15 is 0 Å². The Balaban J connectivity index is 2.78. The van der Waals surface area contributed by atoms with Crippen LogP contribution in [0, 0.1) is 5.92 Å². The number of nitrogens with one attached hydrogen (secondary N) is 1. The number of aliphatic hydroxyl groups is 1. The van der Waals surface area contributed by atoms with Crippen LogP contribution in [0.25, 0.3) is 0 Å². The van der Waals surface area contributed by atoms with Gasteiger partial charge in [-0.1, -0.05) is 41.9 Å². The highest BCUT2D eigenvalue weighted by molar-refractivity contribution is 6.29. The Kier molecular flexibility index (Phi) is 9.27. The normalized spacial score (nSPS) is 15.3. The highest BCUT2D eigenvalue weighted by Gasteiger charge is 2.24. The lowest BCUT2D eigenvalue weighted by Crippen LogP contribution is -2.41. The first-order valence-electron chi connectivity index (χ1n) is 8.14. The molecule has 5 nitrogen and oxygen atoms in total. The minimum Gasteiger partial charge on any atom is -0.501 e. The second-order valence-electron chi connectivity index (χ2n) is 5.94. The number of hydrogen-bond donors (Lipinski definition) is 3. The summed E-state index contributed by atoms with van der Waals surface area (Å²) in [6, 6.07) is 9.69. The molecule has 0 aliphatic heterocycles. The Morgan fingerprint density at radius 2 is 2.00 bits per heavy atom. The van der Waals surface area contributed by atoms with Crippen molar-refractivity contribution >= 4 is 17.5 Å². The molecule has 0 aromatic heterocycles. The molecular weight excluding hydrogens is 340 g/mol. The zero-order chi connectivity index (χ0) is 18.8. The molecule has 0 fully saturated rings. The Bertz CT molecular complexity index is 610. The molecule has 0 bridgehead atoms. The van der Waals surface area contributed by atoms with Crippen LogP contribution in [0.4, 0.5) is 0 Å². The van der Waals surface area contributed by atoms with Crippen molar-refractivity contribution in [2.24, 2.45) is 11.7 Å². The molecule has 1 amide bonds. The second-order valence-corrected chi connectivity index (χ2v) is 6.54. The summed E-state index contributed by atoms with van der Waals surface area (Å²) in [5.41, 5.74) is 7.23. The lowest BCUT2D eigenvalue weighted by atomic mass is 9.93. The molecule has 138 valence electrons. The Labute approximate surface area is 154 Å². The van der Waals surface area contributed by atoms with Crippen molar-refractivity contribution in [2.75, 3.05) is 20.2 Å². The van der Waals surface area contributed by atoms with E-state index in [9.17, 15) is 9.90 Å². The molecule has 1 rings (SSSR count). The second kappa shape index (κ2) is 10.9. The number of nitrogens with two attached hydrogens (primary N) is 1. The van der Waals surface area contributed by atoms with Crippen LogP contribution < -0.4 is 11.1 Å². The van der Waals surface area contributed by atoms with E-state index in [1.165, 1.54) is 0 Å². The quantitative estimate of drug-likeness (QED) is 0.438. The largest absolute Gasteiger partial charge is 0.501 e. The molecule has 0 radical (unpaired) electrons.